The van der Waals surface area contributed by atoms with Crippen LogP contribution in [0.1, 0.15) is 38.5 Å². The first-order chi connectivity index (χ1) is 9.72. The van der Waals surface area contributed by atoms with Crippen LogP contribution in [0.4, 0.5) is 0 Å². The number of methoxy groups -OCH3 is 2. The Kier molecular flexibility index (Phi) is 6.26. The Balaban J connectivity index is 1.70. The molecule has 1 heterocycles. The minimum atomic E-state index is 0.114. The Hall–Kier alpha value is -0.650. The Morgan fingerprint density at radius 3 is 2.55 bits per heavy atom. The molecule has 2 aliphatic rings. The van der Waals surface area contributed by atoms with Gasteiger partial charge in [0, 0.05) is 39.4 Å². The highest BCUT2D eigenvalue weighted by atomic mass is 16.5. The summed E-state index contributed by atoms with van der Waals surface area (Å²) in [4.78, 5) is 13.7. The van der Waals surface area contributed by atoms with Crippen molar-refractivity contribution >= 4 is 5.91 Å². The van der Waals surface area contributed by atoms with E-state index in [4.69, 9.17) is 9.47 Å². The SMILES string of the molecule is COCC(=O)N1CCC(NC2CCCC(OC)C2)CC1. The van der Waals surface area contributed by atoms with Crippen molar-refractivity contribution in [2.75, 3.05) is 33.9 Å². The molecule has 1 saturated carbocycles. The van der Waals surface area contributed by atoms with E-state index in [1.807, 2.05) is 12.0 Å². The fourth-order valence-corrected chi connectivity index (χ4v) is 3.35. The van der Waals surface area contributed by atoms with Gasteiger partial charge in [0.2, 0.25) is 5.91 Å². The molecule has 2 atom stereocenters. The van der Waals surface area contributed by atoms with E-state index in [0.29, 0.717) is 18.2 Å². The third-order valence-corrected chi connectivity index (χ3v) is 4.55. The zero-order valence-electron chi connectivity index (χ0n) is 12.8. The topological polar surface area (TPSA) is 50.8 Å². The summed E-state index contributed by atoms with van der Waals surface area (Å²) in [5.74, 6) is 0.114. The number of hydrogen-bond donors (Lipinski definition) is 1. The lowest BCUT2D eigenvalue weighted by Crippen LogP contribution is -2.49. The van der Waals surface area contributed by atoms with Gasteiger partial charge in [-0.15, -0.1) is 0 Å². The molecule has 2 unspecified atom stereocenters. The van der Waals surface area contributed by atoms with E-state index in [-0.39, 0.29) is 12.5 Å². The average molecular weight is 284 g/mol. The average Bonchev–Trinajstić information content (AvgIpc) is 2.48. The Morgan fingerprint density at radius 2 is 1.90 bits per heavy atom. The van der Waals surface area contributed by atoms with Crippen LogP contribution in [0.25, 0.3) is 0 Å². The van der Waals surface area contributed by atoms with E-state index in [1.54, 1.807) is 7.11 Å². The van der Waals surface area contributed by atoms with Crippen LogP contribution in [0.2, 0.25) is 0 Å². The monoisotopic (exact) mass is 284 g/mol. The van der Waals surface area contributed by atoms with Crippen LogP contribution < -0.4 is 5.32 Å². The number of likely N-dealkylation sites (tertiary alicyclic amines) is 1. The van der Waals surface area contributed by atoms with Gasteiger partial charge in [0.1, 0.15) is 6.61 Å². The molecule has 116 valence electrons. The van der Waals surface area contributed by atoms with Gasteiger partial charge in [0.05, 0.1) is 6.10 Å². The minimum Gasteiger partial charge on any atom is -0.381 e. The molecule has 1 N–H and O–H groups in total. The lowest BCUT2D eigenvalue weighted by atomic mass is 9.91. The predicted molar refractivity (Wildman–Crippen MR) is 77.7 cm³/mol. The Bertz CT molecular complexity index is 303. The number of ether oxygens (including phenoxy) is 2. The molecular formula is C15H28N2O3. The summed E-state index contributed by atoms with van der Waals surface area (Å²) in [6, 6.07) is 1.13. The van der Waals surface area contributed by atoms with Gasteiger partial charge in [-0.3, -0.25) is 4.79 Å². The number of piperidine rings is 1. The van der Waals surface area contributed by atoms with E-state index in [9.17, 15) is 4.79 Å². The third kappa shape index (κ3) is 4.43. The largest absolute Gasteiger partial charge is 0.381 e. The van der Waals surface area contributed by atoms with Gasteiger partial charge >= 0.3 is 0 Å². The molecule has 20 heavy (non-hydrogen) atoms. The van der Waals surface area contributed by atoms with E-state index < -0.39 is 0 Å². The molecule has 0 bridgehead atoms. The first-order valence-corrected chi connectivity index (χ1v) is 7.78. The van der Waals surface area contributed by atoms with Gasteiger partial charge in [-0.25, -0.2) is 0 Å². The second-order valence-electron chi connectivity index (χ2n) is 5.98. The number of nitrogens with one attached hydrogen (secondary N) is 1. The Labute approximate surface area is 122 Å². The van der Waals surface area contributed by atoms with Crippen LogP contribution in [0.15, 0.2) is 0 Å². The summed E-state index contributed by atoms with van der Waals surface area (Å²) >= 11 is 0. The molecule has 1 saturated heterocycles. The van der Waals surface area contributed by atoms with Crippen molar-refractivity contribution < 1.29 is 14.3 Å². The fourth-order valence-electron chi connectivity index (χ4n) is 3.35. The molecule has 2 fully saturated rings. The molecule has 1 aliphatic carbocycles. The summed E-state index contributed by atoms with van der Waals surface area (Å²) in [5.41, 5.74) is 0. The first-order valence-electron chi connectivity index (χ1n) is 7.78. The molecule has 5 nitrogen and oxygen atoms in total. The maximum Gasteiger partial charge on any atom is 0.248 e. The van der Waals surface area contributed by atoms with Crippen LogP contribution in [-0.4, -0.2) is 62.9 Å². The molecule has 0 aromatic carbocycles. The highest BCUT2D eigenvalue weighted by Gasteiger charge is 2.27. The molecule has 0 radical (unpaired) electrons. The van der Waals surface area contributed by atoms with Crippen LogP contribution in [-0.2, 0) is 14.3 Å². The summed E-state index contributed by atoms with van der Waals surface area (Å²) in [7, 11) is 3.38. The van der Waals surface area contributed by atoms with E-state index in [1.165, 1.54) is 19.3 Å². The van der Waals surface area contributed by atoms with Crippen molar-refractivity contribution in [3.8, 4) is 0 Å². The van der Waals surface area contributed by atoms with Crippen molar-refractivity contribution in [3.63, 3.8) is 0 Å². The van der Waals surface area contributed by atoms with Crippen molar-refractivity contribution in [2.24, 2.45) is 0 Å². The number of carbonyl (C=O) groups excluding carboxylic acids is 1. The van der Waals surface area contributed by atoms with Gasteiger partial charge < -0.3 is 19.7 Å². The normalized spacial score (nSPS) is 28.6. The maximum atomic E-state index is 11.7. The molecule has 5 heteroatoms. The minimum absolute atomic E-state index is 0.114. The van der Waals surface area contributed by atoms with Crippen molar-refractivity contribution in [1.82, 2.24) is 10.2 Å². The number of carbonyl (C=O) groups is 1. The zero-order chi connectivity index (χ0) is 14.4. The summed E-state index contributed by atoms with van der Waals surface area (Å²) in [6.45, 7) is 1.90. The van der Waals surface area contributed by atoms with Crippen molar-refractivity contribution in [1.29, 1.82) is 0 Å². The number of nitrogens with zero attached hydrogens (tertiary/aromatic N) is 1. The fraction of sp³-hybridized carbons (Fsp3) is 0.933. The van der Waals surface area contributed by atoms with Gasteiger partial charge in [-0.05, 0) is 38.5 Å². The van der Waals surface area contributed by atoms with Gasteiger partial charge in [0.25, 0.3) is 0 Å². The van der Waals surface area contributed by atoms with Crippen LogP contribution in [0.3, 0.4) is 0 Å². The smallest absolute Gasteiger partial charge is 0.248 e. The summed E-state index contributed by atoms with van der Waals surface area (Å²) in [5, 5.41) is 3.76. The zero-order valence-corrected chi connectivity index (χ0v) is 12.8. The van der Waals surface area contributed by atoms with Crippen LogP contribution in [0.5, 0.6) is 0 Å². The van der Waals surface area contributed by atoms with Gasteiger partial charge in [-0.1, -0.05) is 0 Å². The second kappa shape index (κ2) is 7.96. The van der Waals surface area contributed by atoms with Crippen molar-refractivity contribution in [2.45, 2.75) is 56.7 Å². The number of rotatable bonds is 5. The molecule has 1 aliphatic heterocycles. The van der Waals surface area contributed by atoms with E-state index in [2.05, 4.69) is 5.32 Å². The third-order valence-electron chi connectivity index (χ3n) is 4.55. The Morgan fingerprint density at radius 1 is 1.15 bits per heavy atom. The van der Waals surface area contributed by atoms with Gasteiger partial charge in [0.15, 0.2) is 0 Å². The van der Waals surface area contributed by atoms with E-state index >= 15 is 0 Å². The van der Waals surface area contributed by atoms with Crippen LogP contribution in [0, 0.1) is 0 Å². The number of hydrogen-bond acceptors (Lipinski definition) is 4. The molecular weight excluding hydrogens is 256 g/mol. The molecule has 2 rings (SSSR count). The lowest BCUT2D eigenvalue weighted by Gasteiger charge is -2.36. The first kappa shape index (κ1) is 15.7. The summed E-state index contributed by atoms with van der Waals surface area (Å²) < 4.78 is 10.4. The summed E-state index contributed by atoms with van der Waals surface area (Å²) in [6.07, 6.45) is 7.33. The maximum absolute atomic E-state index is 11.7. The lowest BCUT2D eigenvalue weighted by molar-refractivity contribution is -0.136. The van der Waals surface area contributed by atoms with Crippen LogP contribution >= 0.6 is 0 Å². The standard InChI is InChI=1S/C15H28N2O3/c1-19-11-15(18)17-8-6-12(7-9-17)16-13-4-3-5-14(10-13)20-2/h12-14,16H,3-11H2,1-2H3. The van der Waals surface area contributed by atoms with E-state index in [0.717, 1.165) is 32.4 Å². The van der Waals surface area contributed by atoms with Gasteiger partial charge in [-0.2, -0.15) is 0 Å². The second-order valence-corrected chi connectivity index (χ2v) is 5.98. The predicted octanol–water partition coefficient (Wildman–Crippen LogP) is 1.17. The quantitative estimate of drug-likeness (QED) is 0.823. The molecule has 1 amide bonds. The highest BCUT2D eigenvalue weighted by molar-refractivity contribution is 5.77. The molecule has 0 aromatic heterocycles. The number of amides is 1. The molecule has 0 spiro atoms. The van der Waals surface area contributed by atoms with Crippen molar-refractivity contribution in [3.05, 3.63) is 0 Å². The highest BCUT2D eigenvalue weighted by Crippen LogP contribution is 2.22. The molecule has 0 aromatic rings.